The first-order valence-corrected chi connectivity index (χ1v) is 7.30. The average molecular weight is 298 g/mol. The van der Waals surface area contributed by atoms with Gasteiger partial charge in [-0.25, -0.2) is 0 Å². The molecule has 4 nitrogen and oxygen atoms in total. The van der Waals surface area contributed by atoms with E-state index in [1.54, 1.807) is 20.4 Å². The van der Waals surface area contributed by atoms with Gasteiger partial charge in [0.2, 0.25) is 0 Å². The SMILES string of the molecule is CNC(=O)c1ccc(-c2ccc(OC)c3ncccc23)s1. The quantitative estimate of drug-likeness (QED) is 0.807. The van der Waals surface area contributed by atoms with Crippen LogP contribution >= 0.6 is 11.3 Å². The Morgan fingerprint density at radius 3 is 2.86 bits per heavy atom. The molecule has 1 amide bonds. The van der Waals surface area contributed by atoms with Gasteiger partial charge in [-0.05, 0) is 30.3 Å². The van der Waals surface area contributed by atoms with E-state index in [9.17, 15) is 4.79 Å². The zero-order valence-electron chi connectivity index (χ0n) is 11.7. The Hall–Kier alpha value is -2.40. The summed E-state index contributed by atoms with van der Waals surface area (Å²) in [5.74, 6) is 0.680. The number of aromatic nitrogens is 1. The number of fused-ring (bicyclic) bond motifs is 1. The molecule has 0 atom stereocenters. The van der Waals surface area contributed by atoms with Crippen LogP contribution in [0.2, 0.25) is 0 Å². The van der Waals surface area contributed by atoms with Crippen molar-refractivity contribution in [2.75, 3.05) is 14.2 Å². The number of benzene rings is 1. The number of methoxy groups -OCH3 is 1. The molecule has 2 heterocycles. The molecular formula is C16H14N2O2S. The van der Waals surface area contributed by atoms with Crippen LogP contribution in [-0.2, 0) is 0 Å². The van der Waals surface area contributed by atoms with Crippen molar-refractivity contribution in [3.05, 3.63) is 47.5 Å². The summed E-state index contributed by atoms with van der Waals surface area (Å²) in [6.45, 7) is 0. The molecule has 1 aromatic carbocycles. The first-order chi connectivity index (χ1) is 10.2. The molecule has 0 radical (unpaired) electrons. The normalized spacial score (nSPS) is 10.6. The highest BCUT2D eigenvalue weighted by molar-refractivity contribution is 7.17. The highest BCUT2D eigenvalue weighted by Gasteiger charge is 2.13. The van der Waals surface area contributed by atoms with E-state index in [1.165, 1.54) is 11.3 Å². The molecule has 0 fully saturated rings. The van der Waals surface area contributed by atoms with Crippen LogP contribution in [0.15, 0.2) is 42.6 Å². The van der Waals surface area contributed by atoms with E-state index in [-0.39, 0.29) is 5.91 Å². The Kier molecular flexibility index (Phi) is 3.58. The van der Waals surface area contributed by atoms with Crippen molar-refractivity contribution in [3.8, 4) is 16.2 Å². The van der Waals surface area contributed by atoms with Gasteiger partial charge in [-0.3, -0.25) is 9.78 Å². The van der Waals surface area contributed by atoms with E-state index in [2.05, 4.69) is 10.3 Å². The van der Waals surface area contributed by atoms with E-state index in [0.717, 1.165) is 27.1 Å². The number of rotatable bonds is 3. The largest absolute Gasteiger partial charge is 0.494 e. The summed E-state index contributed by atoms with van der Waals surface area (Å²) in [6, 6.07) is 11.6. The number of ether oxygens (including phenoxy) is 1. The second-order valence-corrected chi connectivity index (χ2v) is 5.54. The maximum absolute atomic E-state index is 11.7. The summed E-state index contributed by atoms with van der Waals surface area (Å²) in [7, 11) is 3.27. The lowest BCUT2D eigenvalue weighted by atomic mass is 10.1. The summed E-state index contributed by atoms with van der Waals surface area (Å²) in [5.41, 5.74) is 1.88. The number of nitrogens with zero attached hydrogens (tertiary/aromatic N) is 1. The number of nitrogens with one attached hydrogen (secondary N) is 1. The van der Waals surface area contributed by atoms with Crippen molar-refractivity contribution in [1.82, 2.24) is 10.3 Å². The van der Waals surface area contributed by atoms with Gasteiger partial charge >= 0.3 is 0 Å². The van der Waals surface area contributed by atoms with Gasteiger partial charge in [0.1, 0.15) is 11.3 Å². The summed E-state index contributed by atoms with van der Waals surface area (Å²) in [6.07, 6.45) is 1.75. The number of carbonyl (C=O) groups is 1. The van der Waals surface area contributed by atoms with Crippen LogP contribution < -0.4 is 10.1 Å². The number of amides is 1. The third-order valence-corrected chi connectivity index (χ3v) is 4.39. The van der Waals surface area contributed by atoms with Gasteiger partial charge in [0.25, 0.3) is 5.91 Å². The van der Waals surface area contributed by atoms with Crippen molar-refractivity contribution in [2.24, 2.45) is 0 Å². The minimum atomic E-state index is -0.0674. The maximum Gasteiger partial charge on any atom is 0.261 e. The van der Waals surface area contributed by atoms with Gasteiger partial charge in [0.15, 0.2) is 0 Å². The maximum atomic E-state index is 11.7. The Balaban J connectivity index is 2.17. The highest BCUT2D eigenvalue weighted by atomic mass is 32.1. The molecule has 0 spiro atoms. The van der Waals surface area contributed by atoms with Crippen molar-refractivity contribution >= 4 is 28.1 Å². The summed E-state index contributed by atoms with van der Waals surface area (Å²) < 4.78 is 5.36. The van der Waals surface area contributed by atoms with Gasteiger partial charge in [0, 0.05) is 29.1 Å². The fourth-order valence-electron chi connectivity index (χ4n) is 2.25. The second-order valence-electron chi connectivity index (χ2n) is 4.46. The predicted molar refractivity (Wildman–Crippen MR) is 85.0 cm³/mol. The molecule has 21 heavy (non-hydrogen) atoms. The summed E-state index contributed by atoms with van der Waals surface area (Å²) in [5, 5.41) is 3.66. The number of hydrogen-bond acceptors (Lipinski definition) is 4. The number of carbonyl (C=O) groups excluding carboxylic acids is 1. The molecule has 3 aromatic rings. The molecule has 3 rings (SSSR count). The Labute approximate surface area is 126 Å². The molecule has 5 heteroatoms. The third kappa shape index (κ3) is 2.36. The highest BCUT2D eigenvalue weighted by Crippen LogP contribution is 2.36. The topological polar surface area (TPSA) is 51.2 Å². The van der Waals surface area contributed by atoms with Crippen molar-refractivity contribution in [1.29, 1.82) is 0 Å². The van der Waals surface area contributed by atoms with Crippen LogP contribution in [0.25, 0.3) is 21.3 Å². The first-order valence-electron chi connectivity index (χ1n) is 6.48. The molecule has 106 valence electrons. The molecule has 0 aliphatic carbocycles. The van der Waals surface area contributed by atoms with Crippen molar-refractivity contribution in [3.63, 3.8) is 0 Å². The monoisotopic (exact) mass is 298 g/mol. The molecule has 0 unspecified atom stereocenters. The van der Waals surface area contributed by atoms with Crippen LogP contribution in [-0.4, -0.2) is 25.0 Å². The van der Waals surface area contributed by atoms with Gasteiger partial charge in [-0.1, -0.05) is 6.07 Å². The smallest absolute Gasteiger partial charge is 0.261 e. The fourth-order valence-corrected chi connectivity index (χ4v) is 3.25. The average Bonchev–Trinajstić information content (AvgIpc) is 3.02. The van der Waals surface area contributed by atoms with E-state index >= 15 is 0 Å². The van der Waals surface area contributed by atoms with Crippen LogP contribution in [0, 0.1) is 0 Å². The van der Waals surface area contributed by atoms with Gasteiger partial charge in [-0.2, -0.15) is 0 Å². The van der Waals surface area contributed by atoms with Crippen LogP contribution in [0.5, 0.6) is 5.75 Å². The minimum absolute atomic E-state index is 0.0674. The van der Waals surface area contributed by atoms with E-state index < -0.39 is 0 Å². The summed E-state index contributed by atoms with van der Waals surface area (Å²) >= 11 is 1.47. The lowest BCUT2D eigenvalue weighted by molar-refractivity contribution is 0.0967. The van der Waals surface area contributed by atoms with E-state index in [0.29, 0.717) is 4.88 Å². The predicted octanol–water partition coefficient (Wildman–Crippen LogP) is 3.33. The molecule has 0 bridgehead atoms. The van der Waals surface area contributed by atoms with E-state index in [1.807, 2.05) is 36.4 Å². The third-order valence-electron chi connectivity index (χ3n) is 3.27. The number of thiophene rings is 1. The second kappa shape index (κ2) is 5.54. The molecule has 0 aliphatic heterocycles. The lowest BCUT2D eigenvalue weighted by Crippen LogP contribution is -2.15. The Morgan fingerprint density at radius 1 is 1.24 bits per heavy atom. The number of hydrogen-bond donors (Lipinski definition) is 1. The summed E-state index contributed by atoms with van der Waals surface area (Å²) in [4.78, 5) is 17.8. The van der Waals surface area contributed by atoms with E-state index in [4.69, 9.17) is 4.74 Å². The van der Waals surface area contributed by atoms with Gasteiger partial charge in [-0.15, -0.1) is 11.3 Å². The van der Waals surface area contributed by atoms with Gasteiger partial charge in [0.05, 0.1) is 12.0 Å². The lowest BCUT2D eigenvalue weighted by Gasteiger charge is -2.08. The molecule has 0 aliphatic rings. The zero-order valence-corrected chi connectivity index (χ0v) is 12.5. The Bertz CT molecular complexity index is 811. The van der Waals surface area contributed by atoms with Crippen LogP contribution in [0.3, 0.4) is 0 Å². The molecular weight excluding hydrogens is 284 g/mol. The van der Waals surface area contributed by atoms with Crippen molar-refractivity contribution < 1.29 is 9.53 Å². The minimum Gasteiger partial charge on any atom is -0.494 e. The first kappa shape index (κ1) is 13.6. The fraction of sp³-hybridized carbons (Fsp3) is 0.125. The number of pyridine rings is 1. The van der Waals surface area contributed by atoms with Crippen LogP contribution in [0.4, 0.5) is 0 Å². The molecule has 2 aromatic heterocycles. The molecule has 0 saturated heterocycles. The standard InChI is InChI=1S/C16H14N2O2S/c1-17-16(19)14-8-7-13(21-14)10-5-6-12(20-2)15-11(10)4-3-9-18-15/h3-9H,1-2H3,(H,17,19). The molecule has 0 saturated carbocycles. The Morgan fingerprint density at radius 2 is 2.10 bits per heavy atom. The molecule has 1 N–H and O–H groups in total. The van der Waals surface area contributed by atoms with Crippen LogP contribution in [0.1, 0.15) is 9.67 Å². The van der Waals surface area contributed by atoms with Crippen molar-refractivity contribution in [2.45, 2.75) is 0 Å². The zero-order chi connectivity index (χ0) is 14.8. The van der Waals surface area contributed by atoms with Gasteiger partial charge < -0.3 is 10.1 Å².